The first-order chi connectivity index (χ1) is 11.7. The standard InChI is InChI=1S/C20H17BrClNO/c21-17-7-9-18(10-8-17)23-13-15-5-11-19(12-6-15)24-14-16-3-1-2-4-20(16)22/h1-12,23H,13-14H2. The van der Waals surface area contributed by atoms with Crippen LogP contribution in [0.15, 0.2) is 77.3 Å². The Bertz CT molecular complexity index is 787. The van der Waals surface area contributed by atoms with Gasteiger partial charge in [-0.25, -0.2) is 0 Å². The summed E-state index contributed by atoms with van der Waals surface area (Å²) in [7, 11) is 0. The maximum Gasteiger partial charge on any atom is 0.119 e. The molecule has 0 aliphatic carbocycles. The molecule has 24 heavy (non-hydrogen) atoms. The lowest BCUT2D eigenvalue weighted by Crippen LogP contribution is -2.00. The maximum atomic E-state index is 6.13. The molecule has 0 spiro atoms. The van der Waals surface area contributed by atoms with Gasteiger partial charge in [-0.15, -0.1) is 0 Å². The predicted molar refractivity (Wildman–Crippen MR) is 104 cm³/mol. The van der Waals surface area contributed by atoms with Gasteiger partial charge in [0, 0.05) is 27.3 Å². The van der Waals surface area contributed by atoms with E-state index >= 15 is 0 Å². The Kier molecular flexibility index (Phi) is 5.78. The Morgan fingerprint density at radius 3 is 2.29 bits per heavy atom. The van der Waals surface area contributed by atoms with E-state index in [0.29, 0.717) is 6.61 Å². The lowest BCUT2D eigenvalue weighted by atomic mass is 10.2. The normalized spacial score (nSPS) is 10.4. The van der Waals surface area contributed by atoms with Gasteiger partial charge in [0.15, 0.2) is 0 Å². The van der Waals surface area contributed by atoms with Crippen LogP contribution in [0.1, 0.15) is 11.1 Å². The van der Waals surface area contributed by atoms with Gasteiger partial charge in [0.05, 0.1) is 0 Å². The molecule has 0 bridgehead atoms. The Hall–Kier alpha value is -1.97. The van der Waals surface area contributed by atoms with E-state index in [2.05, 4.69) is 33.4 Å². The third-order valence-electron chi connectivity index (χ3n) is 3.62. The quantitative estimate of drug-likeness (QED) is 0.523. The number of ether oxygens (including phenoxy) is 1. The fourth-order valence-electron chi connectivity index (χ4n) is 2.25. The highest BCUT2D eigenvalue weighted by atomic mass is 79.9. The van der Waals surface area contributed by atoms with E-state index in [1.54, 1.807) is 0 Å². The fourth-order valence-corrected chi connectivity index (χ4v) is 2.71. The maximum absolute atomic E-state index is 6.13. The van der Waals surface area contributed by atoms with Crippen LogP contribution in [-0.2, 0) is 13.2 Å². The minimum atomic E-state index is 0.468. The molecule has 4 heteroatoms. The number of hydrogen-bond donors (Lipinski definition) is 1. The number of anilines is 1. The Morgan fingerprint density at radius 2 is 1.58 bits per heavy atom. The van der Waals surface area contributed by atoms with E-state index in [9.17, 15) is 0 Å². The van der Waals surface area contributed by atoms with Crippen LogP contribution in [0, 0.1) is 0 Å². The topological polar surface area (TPSA) is 21.3 Å². The molecule has 0 aromatic heterocycles. The largest absolute Gasteiger partial charge is 0.489 e. The fraction of sp³-hybridized carbons (Fsp3) is 0.100. The molecule has 0 atom stereocenters. The summed E-state index contributed by atoms with van der Waals surface area (Å²) in [4.78, 5) is 0. The summed E-state index contributed by atoms with van der Waals surface area (Å²) in [6, 6.07) is 23.9. The molecular weight excluding hydrogens is 386 g/mol. The minimum Gasteiger partial charge on any atom is -0.489 e. The van der Waals surface area contributed by atoms with Crippen LogP contribution in [0.2, 0.25) is 5.02 Å². The monoisotopic (exact) mass is 401 g/mol. The molecule has 0 unspecified atom stereocenters. The van der Waals surface area contributed by atoms with Crippen molar-refractivity contribution in [1.29, 1.82) is 0 Å². The van der Waals surface area contributed by atoms with Gasteiger partial charge in [0.25, 0.3) is 0 Å². The van der Waals surface area contributed by atoms with Gasteiger partial charge in [-0.1, -0.05) is 57.9 Å². The van der Waals surface area contributed by atoms with Gasteiger partial charge in [0.2, 0.25) is 0 Å². The van der Waals surface area contributed by atoms with Crippen LogP contribution in [0.5, 0.6) is 5.75 Å². The van der Waals surface area contributed by atoms with Crippen molar-refractivity contribution in [3.05, 3.63) is 93.4 Å². The molecular formula is C20H17BrClNO. The second kappa shape index (κ2) is 8.22. The first-order valence-electron chi connectivity index (χ1n) is 7.65. The second-order valence-corrected chi connectivity index (χ2v) is 6.71. The van der Waals surface area contributed by atoms with Crippen LogP contribution in [0.3, 0.4) is 0 Å². The lowest BCUT2D eigenvalue weighted by molar-refractivity contribution is 0.306. The summed E-state index contributed by atoms with van der Waals surface area (Å²) in [5.41, 5.74) is 3.28. The van der Waals surface area contributed by atoms with E-state index in [0.717, 1.165) is 33.0 Å². The Balaban J connectivity index is 1.53. The summed E-state index contributed by atoms with van der Waals surface area (Å²) in [6.07, 6.45) is 0. The van der Waals surface area contributed by atoms with Crippen molar-refractivity contribution in [3.63, 3.8) is 0 Å². The number of rotatable bonds is 6. The van der Waals surface area contributed by atoms with Crippen LogP contribution in [0.25, 0.3) is 0 Å². The first-order valence-corrected chi connectivity index (χ1v) is 8.82. The van der Waals surface area contributed by atoms with Crippen molar-refractivity contribution >= 4 is 33.2 Å². The molecule has 0 amide bonds. The van der Waals surface area contributed by atoms with E-state index < -0.39 is 0 Å². The van der Waals surface area contributed by atoms with Gasteiger partial charge in [-0.05, 0) is 48.0 Å². The zero-order chi connectivity index (χ0) is 16.8. The van der Waals surface area contributed by atoms with Crippen molar-refractivity contribution in [3.8, 4) is 5.75 Å². The summed E-state index contributed by atoms with van der Waals surface area (Å²) >= 11 is 9.57. The molecule has 0 radical (unpaired) electrons. The molecule has 0 aliphatic rings. The highest BCUT2D eigenvalue weighted by Gasteiger charge is 2.01. The molecule has 0 saturated carbocycles. The van der Waals surface area contributed by atoms with Gasteiger partial charge in [0.1, 0.15) is 12.4 Å². The molecule has 3 aromatic carbocycles. The second-order valence-electron chi connectivity index (χ2n) is 5.38. The molecule has 3 aromatic rings. The molecule has 122 valence electrons. The third-order valence-corrected chi connectivity index (χ3v) is 4.51. The average molecular weight is 403 g/mol. The van der Waals surface area contributed by atoms with Crippen molar-refractivity contribution in [2.45, 2.75) is 13.2 Å². The first kappa shape index (κ1) is 16.9. The predicted octanol–water partition coefficient (Wildman–Crippen LogP) is 6.29. The summed E-state index contributed by atoms with van der Waals surface area (Å²) < 4.78 is 6.87. The molecule has 0 saturated heterocycles. The van der Waals surface area contributed by atoms with Crippen molar-refractivity contribution in [2.24, 2.45) is 0 Å². The molecule has 0 fully saturated rings. The van der Waals surface area contributed by atoms with Crippen molar-refractivity contribution < 1.29 is 4.74 Å². The summed E-state index contributed by atoms with van der Waals surface area (Å²) in [5.74, 6) is 0.835. The number of hydrogen-bond acceptors (Lipinski definition) is 2. The number of nitrogens with one attached hydrogen (secondary N) is 1. The van der Waals surface area contributed by atoms with Crippen LogP contribution >= 0.6 is 27.5 Å². The Morgan fingerprint density at radius 1 is 0.875 bits per heavy atom. The van der Waals surface area contributed by atoms with Gasteiger partial charge >= 0.3 is 0 Å². The summed E-state index contributed by atoms with van der Waals surface area (Å²) in [6.45, 7) is 1.24. The molecule has 1 N–H and O–H groups in total. The van der Waals surface area contributed by atoms with E-state index in [1.807, 2.05) is 60.7 Å². The van der Waals surface area contributed by atoms with E-state index in [1.165, 1.54) is 5.56 Å². The van der Waals surface area contributed by atoms with Gasteiger partial charge in [-0.3, -0.25) is 0 Å². The zero-order valence-electron chi connectivity index (χ0n) is 13.0. The van der Waals surface area contributed by atoms with Gasteiger partial charge in [-0.2, -0.15) is 0 Å². The van der Waals surface area contributed by atoms with E-state index in [4.69, 9.17) is 16.3 Å². The van der Waals surface area contributed by atoms with E-state index in [-0.39, 0.29) is 0 Å². The summed E-state index contributed by atoms with van der Waals surface area (Å²) in [5, 5.41) is 4.12. The number of benzene rings is 3. The smallest absolute Gasteiger partial charge is 0.119 e. The minimum absolute atomic E-state index is 0.468. The van der Waals surface area contributed by atoms with Crippen LogP contribution in [0.4, 0.5) is 5.69 Å². The third kappa shape index (κ3) is 4.76. The number of halogens is 2. The van der Waals surface area contributed by atoms with Crippen molar-refractivity contribution in [2.75, 3.05) is 5.32 Å². The zero-order valence-corrected chi connectivity index (χ0v) is 15.3. The Labute approximate surface area is 155 Å². The average Bonchev–Trinajstić information content (AvgIpc) is 2.61. The highest BCUT2D eigenvalue weighted by molar-refractivity contribution is 9.10. The lowest BCUT2D eigenvalue weighted by Gasteiger charge is -2.10. The highest BCUT2D eigenvalue weighted by Crippen LogP contribution is 2.20. The SMILES string of the molecule is Clc1ccccc1COc1ccc(CNc2ccc(Br)cc2)cc1. The molecule has 0 heterocycles. The molecule has 3 rings (SSSR count). The molecule has 0 aliphatic heterocycles. The van der Waals surface area contributed by atoms with Gasteiger partial charge < -0.3 is 10.1 Å². The van der Waals surface area contributed by atoms with Crippen molar-refractivity contribution in [1.82, 2.24) is 0 Å². The molecule has 2 nitrogen and oxygen atoms in total. The van der Waals surface area contributed by atoms with Crippen LogP contribution < -0.4 is 10.1 Å². The van der Waals surface area contributed by atoms with Crippen LogP contribution in [-0.4, -0.2) is 0 Å².